The molecule has 75 heavy (non-hydrogen) atoms. The SMILES string of the molecule is CC[N+]1=C(/C=C(C)/C=C2/N(CCCCCC(=O)O)c3ccc4c(S(=O)(=O)O)cc(S(=O)(=O)O)cc4c3C2(C)CCOCCOCCOCCOCCOC)C(C)(C)c2c1ccc1c(S(=O)(=O)O)cc(S(=O)(=O)O)cc21. The highest BCUT2D eigenvalue weighted by atomic mass is 32.2. The lowest BCUT2D eigenvalue weighted by Crippen LogP contribution is -2.31. The van der Waals surface area contributed by atoms with E-state index in [-0.39, 0.29) is 60.8 Å². The van der Waals surface area contributed by atoms with Crippen LogP contribution in [-0.2, 0) is 79.8 Å². The lowest BCUT2D eigenvalue weighted by atomic mass is 9.76. The van der Waals surface area contributed by atoms with Crippen LogP contribution in [0.1, 0.15) is 77.8 Å². The van der Waals surface area contributed by atoms with Gasteiger partial charge in [-0.25, -0.2) is 0 Å². The molecule has 0 spiro atoms. The van der Waals surface area contributed by atoms with Gasteiger partial charge in [-0.2, -0.15) is 38.2 Å². The lowest BCUT2D eigenvalue weighted by molar-refractivity contribution is -0.433. The maximum atomic E-state index is 13.0. The molecule has 0 amide bonds. The average Bonchev–Trinajstić information content (AvgIpc) is 3.68. The van der Waals surface area contributed by atoms with Crippen molar-refractivity contribution >= 4 is 85.1 Å². The monoisotopic (exact) mass is 1130 g/mol. The molecule has 0 fully saturated rings. The summed E-state index contributed by atoms with van der Waals surface area (Å²) in [6, 6.07) is 9.95. The molecular formula is C50H65N2O19S4+. The third-order valence-corrected chi connectivity index (χ3v) is 16.9. The van der Waals surface area contributed by atoms with Crippen molar-refractivity contribution < 1.29 is 90.0 Å². The van der Waals surface area contributed by atoms with Gasteiger partial charge in [-0.05, 0) is 118 Å². The van der Waals surface area contributed by atoms with Gasteiger partial charge >= 0.3 is 5.97 Å². The third-order valence-electron chi connectivity index (χ3n) is 13.4. The van der Waals surface area contributed by atoms with Gasteiger partial charge in [-0.1, -0.05) is 12.5 Å². The number of allylic oxidation sites excluding steroid dienone is 4. The van der Waals surface area contributed by atoms with Crippen LogP contribution in [0.25, 0.3) is 21.5 Å². The van der Waals surface area contributed by atoms with Gasteiger partial charge in [0.15, 0.2) is 5.71 Å². The van der Waals surface area contributed by atoms with E-state index < -0.39 is 76.9 Å². The Hall–Kier alpha value is -4.74. The molecular weight excluding hydrogens is 1060 g/mol. The summed E-state index contributed by atoms with van der Waals surface area (Å²) >= 11 is 0. The van der Waals surface area contributed by atoms with E-state index in [1.165, 1.54) is 18.2 Å². The molecule has 0 bridgehead atoms. The van der Waals surface area contributed by atoms with Gasteiger partial charge in [0.2, 0.25) is 5.69 Å². The first kappa shape index (κ1) is 59.5. The smallest absolute Gasteiger partial charge is 0.303 e. The van der Waals surface area contributed by atoms with Crippen molar-refractivity contribution in [3.8, 4) is 0 Å². The summed E-state index contributed by atoms with van der Waals surface area (Å²) in [7, 11) is -18.5. The molecule has 0 saturated heterocycles. The summed E-state index contributed by atoms with van der Waals surface area (Å²) in [5, 5.41) is 9.64. The topological polar surface area (TPSA) is 307 Å². The first-order valence-electron chi connectivity index (χ1n) is 24.0. The van der Waals surface area contributed by atoms with Gasteiger partial charge in [-0.15, -0.1) is 0 Å². The number of anilines is 1. The van der Waals surface area contributed by atoms with Crippen LogP contribution in [0.2, 0.25) is 0 Å². The lowest BCUT2D eigenvalue weighted by Gasteiger charge is -2.31. The number of fused-ring (bicyclic) bond motifs is 6. The number of aliphatic carboxylic acids is 1. The van der Waals surface area contributed by atoms with Crippen LogP contribution in [0.5, 0.6) is 0 Å². The predicted octanol–water partition coefficient (Wildman–Crippen LogP) is 6.73. The molecule has 2 aliphatic heterocycles. The van der Waals surface area contributed by atoms with Gasteiger partial charge in [0, 0.05) is 72.0 Å². The van der Waals surface area contributed by atoms with E-state index in [0.29, 0.717) is 117 Å². The van der Waals surface area contributed by atoms with Crippen molar-refractivity contribution in [3.05, 3.63) is 83.1 Å². The second-order valence-corrected chi connectivity index (χ2v) is 24.5. The molecule has 1 atom stereocenters. The Morgan fingerprint density at radius 3 is 1.61 bits per heavy atom. The molecule has 4 aromatic rings. The molecule has 0 aliphatic carbocycles. The van der Waals surface area contributed by atoms with Gasteiger partial charge in [0.05, 0.1) is 68.1 Å². The van der Waals surface area contributed by atoms with Gasteiger partial charge in [0.25, 0.3) is 40.5 Å². The summed E-state index contributed by atoms with van der Waals surface area (Å²) in [6.45, 7) is 12.8. The number of carbonyl (C=O) groups is 1. The number of unbranched alkanes of at least 4 members (excludes halogenated alkanes) is 2. The Morgan fingerprint density at radius 2 is 1.13 bits per heavy atom. The minimum atomic E-state index is -5.08. The molecule has 5 N–H and O–H groups in total. The highest BCUT2D eigenvalue weighted by Gasteiger charge is 2.48. The molecule has 6 rings (SSSR count). The summed E-state index contributed by atoms with van der Waals surface area (Å²) < 4.78 is 173. The van der Waals surface area contributed by atoms with E-state index >= 15 is 0 Å². The number of hydrogen-bond acceptors (Lipinski definition) is 15. The molecule has 21 nitrogen and oxygen atoms in total. The minimum Gasteiger partial charge on any atom is -0.481 e. The average molecular weight is 1130 g/mol. The van der Waals surface area contributed by atoms with Gasteiger partial charge in [-0.3, -0.25) is 23.0 Å². The van der Waals surface area contributed by atoms with Gasteiger partial charge < -0.3 is 33.7 Å². The quantitative estimate of drug-likeness (QED) is 0.0224. The zero-order chi connectivity index (χ0) is 55.3. The van der Waals surface area contributed by atoms with Crippen molar-refractivity contribution in [2.24, 2.45) is 0 Å². The highest BCUT2D eigenvalue weighted by molar-refractivity contribution is 7.87. The molecule has 0 aromatic heterocycles. The number of ether oxygens (including phenoxy) is 5. The van der Waals surface area contributed by atoms with Gasteiger partial charge in [0.1, 0.15) is 16.3 Å². The van der Waals surface area contributed by atoms with E-state index in [2.05, 4.69) is 0 Å². The summed E-state index contributed by atoms with van der Waals surface area (Å²) in [5.41, 5.74) is 1.93. The largest absolute Gasteiger partial charge is 0.481 e. The maximum absolute atomic E-state index is 13.0. The Balaban J connectivity index is 1.47. The number of carboxylic acid groups (broad SMARTS) is 1. The molecule has 4 aromatic carbocycles. The molecule has 25 heteroatoms. The fourth-order valence-electron chi connectivity index (χ4n) is 10.00. The second-order valence-electron chi connectivity index (χ2n) is 18.9. The highest BCUT2D eigenvalue weighted by Crippen LogP contribution is 2.54. The van der Waals surface area contributed by atoms with Crippen LogP contribution in [0.15, 0.2) is 91.5 Å². The number of rotatable bonds is 28. The van der Waals surface area contributed by atoms with Crippen LogP contribution >= 0.6 is 0 Å². The predicted molar refractivity (Wildman–Crippen MR) is 278 cm³/mol. The molecule has 2 aliphatic rings. The van der Waals surface area contributed by atoms with Crippen LogP contribution in [0.4, 0.5) is 11.4 Å². The van der Waals surface area contributed by atoms with Crippen molar-refractivity contribution in [2.45, 2.75) is 97.1 Å². The Bertz CT molecular complexity index is 3390. The maximum Gasteiger partial charge on any atom is 0.303 e. The standard InChI is InChI=1S/C50H64N2O19S4/c1-7-51-40-14-12-36-38(29-34(72(55,56)57)31-42(36)74(61,62)63)47(40)49(3,4)44(51)27-33(2)28-45-50(5,16-18-68-21-22-70-25-26-71-24-23-69-20-19-67-6)48-39-30-35(73(58,59)60)32-43(75(64,65)66)37(39)13-15-41(48)52(45)17-10-8-9-11-46(53)54/h12-15,27-32H,7-11,16-26H2,1-6H3,(H4-,53,54,55,56,57,58,59,60,61,62,63,64,65,66)/p+1. The minimum absolute atomic E-state index is 0.0234. The van der Waals surface area contributed by atoms with E-state index in [9.17, 15) is 61.8 Å². The fourth-order valence-corrected chi connectivity index (χ4v) is 12.7. The normalized spacial score (nSPS) is 17.7. The first-order valence-corrected chi connectivity index (χ1v) is 29.8. The van der Waals surface area contributed by atoms with Crippen LogP contribution < -0.4 is 4.90 Å². The molecule has 0 saturated carbocycles. The number of benzene rings is 4. The fraction of sp³-hybridized carbons (Fsp3) is 0.480. The van der Waals surface area contributed by atoms with E-state index in [1.54, 1.807) is 19.2 Å². The van der Waals surface area contributed by atoms with Crippen molar-refractivity contribution in [2.75, 3.05) is 84.6 Å². The Kier molecular flexibility index (Phi) is 18.9. The van der Waals surface area contributed by atoms with Crippen molar-refractivity contribution in [1.29, 1.82) is 0 Å². The zero-order valence-corrected chi connectivity index (χ0v) is 45.8. The van der Waals surface area contributed by atoms with Crippen molar-refractivity contribution in [3.63, 3.8) is 0 Å². The Morgan fingerprint density at radius 1 is 0.640 bits per heavy atom. The number of hydrogen-bond donors (Lipinski definition) is 5. The first-order chi connectivity index (χ1) is 35.1. The third kappa shape index (κ3) is 13.5. The summed E-state index contributed by atoms with van der Waals surface area (Å²) in [6.07, 6.45) is 5.31. The van der Waals surface area contributed by atoms with Crippen molar-refractivity contribution in [1.82, 2.24) is 0 Å². The molecule has 412 valence electrons. The number of carboxylic acids is 1. The van der Waals surface area contributed by atoms with E-state index in [1.807, 2.05) is 56.2 Å². The second kappa shape index (κ2) is 23.9. The van der Waals surface area contributed by atoms with Crippen LogP contribution in [-0.4, -0.2) is 153 Å². The van der Waals surface area contributed by atoms with Crippen LogP contribution in [0, 0.1) is 0 Å². The number of nitrogens with zero attached hydrogens (tertiary/aromatic N) is 2. The van der Waals surface area contributed by atoms with Crippen LogP contribution in [0.3, 0.4) is 0 Å². The molecule has 2 heterocycles. The molecule has 1 unspecified atom stereocenters. The summed E-state index contributed by atoms with van der Waals surface area (Å²) in [5.74, 6) is -0.953. The number of methoxy groups -OCH3 is 1. The van der Waals surface area contributed by atoms with E-state index in [4.69, 9.17) is 23.7 Å². The zero-order valence-electron chi connectivity index (χ0n) is 42.6. The van der Waals surface area contributed by atoms with E-state index in [0.717, 1.165) is 6.07 Å². The Labute approximate surface area is 437 Å². The summed E-state index contributed by atoms with van der Waals surface area (Å²) in [4.78, 5) is 10.5. The molecule has 0 radical (unpaired) electrons.